The summed E-state index contributed by atoms with van der Waals surface area (Å²) in [5.74, 6) is -0.826. The molecule has 1 atom stereocenters. The van der Waals surface area contributed by atoms with Crippen LogP contribution in [0.5, 0.6) is 0 Å². The largest absolute Gasteiger partial charge is 0.477 e. The second kappa shape index (κ2) is 8.95. The van der Waals surface area contributed by atoms with E-state index < -0.39 is 17.7 Å². The monoisotopic (exact) mass is 509 g/mol. The molecule has 168 valence electrons. The summed E-state index contributed by atoms with van der Waals surface area (Å²) >= 11 is 3.20. The first-order chi connectivity index (χ1) is 15.2. The van der Waals surface area contributed by atoms with Gasteiger partial charge in [0.05, 0.1) is 24.8 Å². The first-order valence-electron chi connectivity index (χ1n) is 9.78. The van der Waals surface area contributed by atoms with E-state index in [2.05, 4.69) is 21.0 Å². The topological polar surface area (TPSA) is 67.6 Å². The Balaban J connectivity index is 1.57. The summed E-state index contributed by atoms with van der Waals surface area (Å²) in [6.45, 7) is 1.13. The van der Waals surface area contributed by atoms with Crippen molar-refractivity contribution in [1.82, 2.24) is 9.78 Å². The fraction of sp³-hybridized carbons (Fsp3) is 0.273. The Labute approximate surface area is 190 Å². The number of fused-ring (bicyclic) bond motifs is 1. The van der Waals surface area contributed by atoms with E-state index in [0.29, 0.717) is 24.5 Å². The molecule has 0 radical (unpaired) electrons. The second-order valence-electron chi connectivity index (χ2n) is 7.47. The fourth-order valence-corrected chi connectivity index (χ4v) is 4.29. The van der Waals surface area contributed by atoms with Crippen molar-refractivity contribution >= 4 is 27.7 Å². The summed E-state index contributed by atoms with van der Waals surface area (Å²) in [7, 11) is 0. The van der Waals surface area contributed by atoms with Crippen LogP contribution in [-0.4, -0.2) is 34.0 Å². The van der Waals surface area contributed by atoms with Crippen molar-refractivity contribution in [2.45, 2.75) is 25.4 Å². The molecule has 6 nitrogen and oxygen atoms in total. The Kier molecular flexibility index (Phi) is 6.25. The lowest BCUT2D eigenvalue weighted by Crippen LogP contribution is -2.25. The average Bonchev–Trinajstić information content (AvgIpc) is 3.25. The molecule has 1 aromatic heterocycles. The van der Waals surface area contributed by atoms with Crippen LogP contribution in [0.3, 0.4) is 0 Å². The van der Waals surface area contributed by atoms with Gasteiger partial charge in [-0.25, -0.2) is 9.48 Å². The molecule has 1 aliphatic rings. The number of benzene rings is 2. The first-order valence-corrected chi connectivity index (χ1v) is 10.6. The minimum atomic E-state index is -4.45. The number of carbonyl (C=O) groups is 1. The van der Waals surface area contributed by atoms with Crippen molar-refractivity contribution in [2.24, 2.45) is 0 Å². The molecule has 0 fully saturated rings. The molecule has 0 spiro atoms. The van der Waals surface area contributed by atoms with Gasteiger partial charge >= 0.3 is 12.1 Å². The first kappa shape index (κ1) is 22.3. The van der Waals surface area contributed by atoms with E-state index in [0.717, 1.165) is 17.7 Å². The van der Waals surface area contributed by atoms with Crippen LogP contribution in [-0.2, 0) is 24.1 Å². The van der Waals surface area contributed by atoms with Gasteiger partial charge in [-0.3, -0.25) is 0 Å². The fourth-order valence-electron chi connectivity index (χ4n) is 3.77. The van der Waals surface area contributed by atoms with E-state index in [-0.39, 0.29) is 29.4 Å². The number of carboxylic acids is 1. The van der Waals surface area contributed by atoms with Crippen molar-refractivity contribution in [1.29, 1.82) is 0 Å². The van der Waals surface area contributed by atoms with E-state index in [1.807, 2.05) is 30.3 Å². The zero-order chi connectivity index (χ0) is 22.9. The van der Waals surface area contributed by atoms with Gasteiger partial charge in [-0.05, 0) is 39.2 Å². The van der Waals surface area contributed by atoms with Crippen molar-refractivity contribution in [3.05, 3.63) is 81.5 Å². The van der Waals surface area contributed by atoms with Crippen molar-refractivity contribution in [2.75, 3.05) is 18.1 Å². The number of nitrogens with zero attached hydrogens (tertiary/aromatic N) is 3. The summed E-state index contributed by atoms with van der Waals surface area (Å²) in [4.78, 5) is 13.6. The molecule has 32 heavy (non-hydrogen) atoms. The van der Waals surface area contributed by atoms with Crippen LogP contribution in [0.4, 0.5) is 19.0 Å². The highest BCUT2D eigenvalue weighted by molar-refractivity contribution is 9.10. The predicted molar refractivity (Wildman–Crippen MR) is 115 cm³/mol. The van der Waals surface area contributed by atoms with E-state index >= 15 is 0 Å². The molecule has 1 aliphatic heterocycles. The number of alkyl halides is 3. The summed E-state index contributed by atoms with van der Waals surface area (Å²) in [5, 5.41) is 14.0. The lowest BCUT2D eigenvalue weighted by atomic mass is 10.1. The summed E-state index contributed by atoms with van der Waals surface area (Å²) in [6.07, 6.45) is -4.45. The van der Waals surface area contributed by atoms with Crippen molar-refractivity contribution in [3.8, 4) is 0 Å². The molecular weight excluding hydrogens is 491 g/mol. The van der Waals surface area contributed by atoms with Gasteiger partial charge in [0, 0.05) is 13.1 Å². The number of anilines is 1. The van der Waals surface area contributed by atoms with Gasteiger partial charge in [-0.2, -0.15) is 18.3 Å². The molecular formula is C22H19BrF3N3O3. The maximum Gasteiger partial charge on any atom is 0.416 e. The van der Waals surface area contributed by atoms with Gasteiger partial charge in [0.2, 0.25) is 0 Å². The maximum atomic E-state index is 13.1. The number of hydrogen-bond acceptors (Lipinski definition) is 4. The zero-order valence-corrected chi connectivity index (χ0v) is 18.3. The number of carboxylic acid groups (broad SMARTS) is 1. The molecule has 0 bridgehead atoms. The Morgan fingerprint density at radius 2 is 1.88 bits per heavy atom. The molecule has 0 saturated heterocycles. The lowest BCUT2D eigenvalue weighted by molar-refractivity contribution is -0.137. The van der Waals surface area contributed by atoms with Gasteiger partial charge in [0.1, 0.15) is 16.0 Å². The second-order valence-corrected chi connectivity index (χ2v) is 8.22. The number of ether oxygens (including phenoxy) is 1. The molecule has 3 aromatic rings. The van der Waals surface area contributed by atoms with Crippen LogP contribution < -0.4 is 4.90 Å². The van der Waals surface area contributed by atoms with Crippen molar-refractivity contribution < 1.29 is 27.8 Å². The standard InChI is InChI=1S/C22H19BrF3N3O3/c23-19-18(21(30)31)20-28(10-15-7-4-8-16(9-15)22(24,25)26)11-17(29(20)27-19)13-32-12-14-5-2-1-3-6-14/h1-9,17H,10-13H2,(H,30,31). The number of hydrogen-bond donors (Lipinski definition) is 1. The summed E-state index contributed by atoms with van der Waals surface area (Å²) in [5.41, 5.74) is 0.651. The highest BCUT2D eigenvalue weighted by Crippen LogP contribution is 2.38. The molecule has 0 saturated carbocycles. The van der Waals surface area contributed by atoms with Gasteiger partial charge < -0.3 is 14.7 Å². The molecule has 4 rings (SSSR count). The molecule has 10 heteroatoms. The third-order valence-corrected chi connectivity index (χ3v) is 5.74. The molecule has 1 unspecified atom stereocenters. The van der Waals surface area contributed by atoms with Crippen LogP contribution in [0.2, 0.25) is 0 Å². The molecule has 0 amide bonds. The smallest absolute Gasteiger partial charge is 0.416 e. The Hall–Kier alpha value is -2.85. The van der Waals surface area contributed by atoms with Gasteiger partial charge in [0.25, 0.3) is 0 Å². The van der Waals surface area contributed by atoms with Gasteiger partial charge in [-0.1, -0.05) is 42.5 Å². The molecule has 2 aromatic carbocycles. The third-order valence-electron chi connectivity index (χ3n) is 5.18. The quantitative estimate of drug-likeness (QED) is 0.477. The number of aromatic nitrogens is 2. The summed E-state index contributed by atoms with van der Waals surface area (Å²) < 4.78 is 46.9. The SMILES string of the molecule is O=C(O)c1c(Br)nn2c1N(Cc1cccc(C(F)(F)F)c1)CC2COCc1ccccc1. The Morgan fingerprint density at radius 3 is 2.56 bits per heavy atom. The number of aromatic carboxylic acids is 1. The molecule has 2 heterocycles. The summed E-state index contributed by atoms with van der Waals surface area (Å²) in [6, 6.07) is 14.3. The van der Waals surface area contributed by atoms with E-state index in [4.69, 9.17) is 4.74 Å². The normalized spacial score (nSPS) is 15.8. The van der Waals surface area contributed by atoms with E-state index in [9.17, 15) is 23.1 Å². The minimum Gasteiger partial charge on any atom is -0.477 e. The van der Waals surface area contributed by atoms with Gasteiger partial charge in [-0.15, -0.1) is 0 Å². The minimum absolute atomic E-state index is 0.0254. The Morgan fingerprint density at radius 1 is 1.16 bits per heavy atom. The zero-order valence-electron chi connectivity index (χ0n) is 16.7. The lowest BCUT2D eigenvalue weighted by Gasteiger charge is -2.20. The molecule has 1 N–H and O–H groups in total. The molecule has 0 aliphatic carbocycles. The maximum absolute atomic E-state index is 13.1. The highest BCUT2D eigenvalue weighted by Gasteiger charge is 2.37. The van der Waals surface area contributed by atoms with E-state index in [1.54, 1.807) is 15.6 Å². The number of halogens is 4. The van der Waals surface area contributed by atoms with Crippen LogP contribution >= 0.6 is 15.9 Å². The predicted octanol–water partition coefficient (Wildman–Crippen LogP) is 5.14. The van der Waals surface area contributed by atoms with Crippen molar-refractivity contribution in [3.63, 3.8) is 0 Å². The number of rotatable bonds is 7. The van der Waals surface area contributed by atoms with Crippen LogP contribution in [0.1, 0.15) is 33.1 Å². The van der Waals surface area contributed by atoms with Crippen LogP contribution in [0, 0.1) is 0 Å². The van der Waals surface area contributed by atoms with Crippen LogP contribution in [0.15, 0.2) is 59.2 Å². The third kappa shape index (κ3) is 4.66. The highest BCUT2D eigenvalue weighted by atomic mass is 79.9. The Bertz CT molecular complexity index is 1120. The average molecular weight is 510 g/mol. The van der Waals surface area contributed by atoms with E-state index in [1.165, 1.54) is 6.07 Å². The van der Waals surface area contributed by atoms with Crippen LogP contribution in [0.25, 0.3) is 0 Å². The van der Waals surface area contributed by atoms with Gasteiger partial charge in [0.15, 0.2) is 0 Å².